The van der Waals surface area contributed by atoms with E-state index in [-0.39, 0.29) is 18.7 Å². The van der Waals surface area contributed by atoms with Crippen molar-refractivity contribution in [2.45, 2.75) is 11.3 Å². The number of H-pyrrole nitrogens is 1. The number of hydrogen-bond acceptors (Lipinski definition) is 5. The Labute approximate surface area is 104 Å². The van der Waals surface area contributed by atoms with Crippen LogP contribution in [-0.2, 0) is 20.0 Å². The summed E-state index contributed by atoms with van der Waals surface area (Å²) in [6.07, 6.45) is 2.40. The number of hydrogen-bond donors (Lipinski definition) is 3. The molecular formula is C8H13N3O5S2. The molecule has 0 aliphatic heterocycles. The highest BCUT2D eigenvalue weighted by molar-refractivity contribution is 7.89. The molecule has 0 atom stereocenters. The number of pyridine rings is 1. The van der Waals surface area contributed by atoms with Gasteiger partial charge in [0.05, 0.1) is 5.75 Å². The number of primary sulfonamides is 1. The molecule has 0 saturated carbocycles. The predicted molar refractivity (Wildman–Crippen MR) is 64.8 cm³/mol. The zero-order valence-electron chi connectivity index (χ0n) is 9.29. The largest absolute Gasteiger partial charge is 0.366 e. The number of rotatable bonds is 6. The van der Waals surface area contributed by atoms with E-state index < -0.39 is 30.4 Å². The van der Waals surface area contributed by atoms with Crippen molar-refractivity contribution >= 4 is 20.0 Å². The summed E-state index contributed by atoms with van der Waals surface area (Å²) in [5, 5.41) is 4.76. The first-order chi connectivity index (χ1) is 8.22. The molecule has 10 heteroatoms. The summed E-state index contributed by atoms with van der Waals surface area (Å²) in [6, 6.07) is 1.08. The molecule has 0 saturated heterocycles. The van der Waals surface area contributed by atoms with Crippen LogP contribution in [0.3, 0.4) is 0 Å². The summed E-state index contributed by atoms with van der Waals surface area (Å²) in [4.78, 5) is 13.4. The van der Waals surface area contributed by atoms with Crippen molar-refractivity contribution < 1.29 is 16.8 Å². The molecule has 4 N–H and O–H groups in total. The van der Waals surface area contributed by atoms with Gasteiger partial charge < -0.3 is 4.98 Å². The summed E-state index contributed by atoms with van der Waals surface area (Å²) in [7, 11) is -7.56. The molecule has 8 nitrogen and oxygen atoms in total. The first-order valence-electron chi connectivity index (χ1n) is 4.90. The Morgan fingerprint density at radius 2 is 1.94 bits per heavy atom. The molecule has 0 unspecified atom stereocenters. The average Bonchev–Trinajstić information content (AvgIpc) is 2.24. The van der Waals surface area contributed by atoms with E-state index in [9.17, 15) is 21.6 Å². The summed E-state index contributed by atoms with van der Waals surface area (Å²) in [6.45, 7) is -0.118. The second-order valence-corrected chi connectivity index (χ2v) is 6.96. The number of aromatic nitrogens is 1. The van der Waals surface area contributed by atoms with E-state index >= 15 is 0 Å². The highest BCUT2D eigenvalue weighted by Crippen LogP contribution is 1.99. The van der Waals surface area contributed by atoms with Gasteiger partial charge in [-0.15, -0.1) is 0 Å². The molecule has 1 aromatic rings. The van der Waals surface area contributed by atoms with Crippen LogP contribution < -0.4 is 15.3 Å². The second-order valence-electron chi connectivity index (χ2n) is 3.49. The van der Waals surface area contributed by atoms with E-state index in [4.69, 9.17) is 5.14 Å². The molecule has 0 bridgehead atoms. The van der Waals surface area contributed by atoms with Crippen LogP contribution in [-0.4, -0.2) is 34.1 Å². The van der Waals surface area contributed by atoms with Crippen LogP contribution in [0.4, 0.5) is 0 Å². The van der Waals surface area contributed by atoms with Crippen LogP contribution >= 0.6 is 0 Å². The molecular weight excluding hydrogens is 282 g/mol. The van der Waals surface area contributed by atoms with Crippen molar-refractivity contribution in [1.82, 2.24) is 9.71 Å². The van der Waals surface area contributed by atoms with Gasteiger partial charge in [-0.2, -0.15) is 0 Å². The maximum absolute atomic E-state index is 11.7. The average molecular weight is 295 g/mol. The Hall–Kier alpha value is -1.23. The highest BCUT2D eigenvalue weighted by Gasteiger charge is 2.16. The first kappa shape index (κ1) is 14.8. The van der Waals surface area contributed by atoms with Gasteiger partial charge in [0.2, 0.25) is 25.5 Å². The Kier molecular flexibility index (Phi) is 4.62. The fourth-order valence-electron chi connectivity index (χ4n) is 1.17. The SMILES string of the molecule is NS(=O)(=O)CCCNS(=O)(=O)c1c[nH]ccc1=O. The van der Waals surface area contributed by atoms with Crippen LogP contribution in [0.2, 0.25) is 0 Å². The Morgan fingerprint density at radius 1 is 1.28 bits per heavy atom. The Morgan fingerprint density at radius 3 is 2.50 bits per heavy atom. The van der Waals surface area contributed by atoms with Crippen LogP contribution in [0, 0.1) is 0 Å². The third-order valence-electron chi connectivity index (χ3n) is 1.98. The molecule has 18 heavy (non-hydrogen) atoms. The molecule has 0 radical (unpaired) electrons. The van der Waals surface area contributed by atoms with Gasteiger partial charge in [-0.1, -0.05) is 0 Å². The number of nitrogens with one attached hydrogen (secondary N) is 2. The zero-order valence-corrected chi connectivity index (χ0v) is 10.9. The van der Waals surface area contributed by atoms with Gasteiger partial charge in [0.25, 0.3) is 0 Å². The third-order valence-corrected chi connectivity index (χ3v) is 4.32. The number of sulfonamides is 2. The summed E-state index contributed by atoms with van der Waals surface area (Å²) < 4.78 is 46.7. The normalized spacial score (nSPS) is 12.5. The summed E-state index contributed by atoms with van der Waals surface area (Å²) >= 11 is 0. The van der Waals surface area contributed by atoms with Crippen LogP contribution in [0.5, 0.6) is 0 Å². The fraction of sp³-hybridized carbons (Fsp3) is 0.375. The lowest BCUT2D eigenvalue weighted by molar-refractivity contribution is 0.575. The first-order valence-corrected chi connectivity index (χ1v) is 8.09. The van der Waals surface area contributed by atoms with Crippen molar-refractivity contribution in [1.29, 1.82) is 0 Å². The smallest absolute Gasteiger partial charge is 0.245 e. The van der Waals surface area contributed by atoms with Gasteiger partial charge in [-0.25, -0.2) is 26.7 Å². The lowest BCUT2D eigenvalue weighted by Gasteiger charge is -2.05. The summed E-state index contributed by atoms with van der Waals surface area (Å²) in [5.74, 6) is -0.333. The van der Waals surface area contributed by atoms with Crippen LogP contribution in [0.1, 0.15) is 6.42 Å². The maximum Gasteiger partial charge on any atom is 0.245 e. The number of nitrogens with two attached hydrogens (primary N) is 1. The van der Waals surface area contributed by atoms with E-state index in [2.05, 4.69) is 9.71 Å². The fourth-order valence-corrected chi connectivity index (χ4v) is 2.84. The van der Waals surface area contributed by atoms with Crippen molar-refractivity contribution in [3.63, 3.8) is 0 Å². The van der Waals surface area contributed by atoms with E-state index in [1.54, 1.807) is 0 Å². The predicted octanol–water partition coefficient (Wildman–Crippen LogP) is -1.67. The van der Waals surface area contributed by atoms with Gasteiger partial charge in [0.1, 0.15) is 4.90 Å². The minimum Gasteiger partial charge on any atom is -0.366 e. The van der Waals surface area contributed by atoms with Crippen molar-refractivity contribution in [3.8, 4) is 0 Å². The lowest BCUT2D eigenvalue weighted by atomic mass is 10.5. The molecule has 0 aliphatic carbocycles. The quantitative estimate of drug-likeness (QED) is 0.538. The minimum absolute atomic E-state index is 0.0306. The van der Waals surface area contributed by atoms with Gasteiger partial charge >= 0.3 is 0 Å². The van der Waals surface area contributed by atoms with E-state index in [0.717, 1.165) is 12.3 Å². The van der Waals surface area contributed by atoms with E-state index in [1.807, 2.05) is 0 Å². The van der Waals surface area contributed by atoms with E-state index in [1.165, 1.54) is 6.20 Å². The van der Waals surface area contributed by atoms with Crippen molar-refractivity contribution in [2.75, 3.05) is 12.3 Å². The Balaban J connectivity index is 2.68. The van der Waals surface area contributed by atoms with Gasteiger partial charge in [0.15, 0.2) is 0 Å². The molecule has 0 amide bonds. The maximum atomic E-state index is 11.7. The lowest BCUT2D eigenvalue weighted by Crippen LogP contribution is -2.30. The van der Waals surface area contributed by atoms with Crippen molar-refractivity contribution in [2.24, 2.45) is 5.14 Å². The van der Waals surface area contributed by atoms with Gasteiger partial charge in [-0.3, -0.25) is 4.79 Å². The highest BCUT2D eigenvalue weighted by atomic mass is 32.2. The molecule has 0 aliphatic rings. The van der Waals surface area contributed by atoms with Gasteiger partial charge in [-0.05, 0) is 6.42 Å². The van der Waals surface area contributed by atoms with Crippen molar-refractivity contribution in [3.05, 3.63) is 28.7 Å². The topological polar surface area (TPSA) is 139 Å². The molecule has 1 rings (SSSR count). The monoisotopic (exact) mass is 295 g/mol. The van der Waals surface area contributed by atoms with Crippen LogP contribution in [0.25, 0.3) is 0 Å². The summed E-state index contributed by atoms with van der Waals surface area (Å²) in [5.41, 5.74) is -0.646. The molecule has 0 spiro atoms. The molecule has 0 fully saturated rings. The van der Waals surface area contributed by atoms with Gasteiger partial charge in [0, 0.05) is 25.0 Å². The Bertz CT molecular complexity index is 662. The molecule has 1 heterocycles. The molecule has 102 valence electrons. The third kappa shape index (κ3) is 4.56. The van der Waals surface area contributed by atoms with Crippen LogP contribution in [0.15, 0.2) is 28.2 Å². The standard InChI is InChI=1S/C8H13N3O5S2/c9-17(13,14)5-1-3-11-18(15,16)8-6-10-4-2-7(8)12/h2,4,6,11H,1,3,5H2,(H,10,12)(H2,9,13,14). The second kappa shape index (κ2) is 5.61. The zero-order chi connectivity index (χ0) is 13.8. The molecule has 0 aromatic carbocycles. The minimum atomic E-state index is -3.94. The van der Waals surface area contributed by atoms with E-state index in [0.29, 0.717) is 0 Å². The number of aromatic amines is 1. The molecule has 1 aromatic heterocycles.